The molecule has 1 saturated heterocycles. The van der Waals surface area contributed by atoms with Crippen molar-refractivity contribution >= 4 is 0 Å². The Morgan fingerprint density at radius 1 is 1.33 bits per heavy atom. The summed E-state index contributed by atoms with van der Waals surface area (Å²) in [5.41, 5.74) is 1.58. The highest BCUT2D eigenvalue weighted by Gasteiger charge is 2.29. The third-order valence-corrected chi connectivity index (χ3v) is 4.60. The van der Waals surface area contributed by atoms with Gasteiger partial charge in [0.1, 0.15) is 5.76 Å². The van der Waals surface area contributed by atoms with Gasteiger partial charge in [-0.25, -0.2) is 0 Å². The molecule has 0 aromatic carbocycles. The largest absolute Gasteiger partial charge is 0.497 e. The van der Waals surface area contributed by atoms with Crippen molar-refractivity contribution in [3.8, 4) is 0 Å². The summed E-state index contributed by atoms with van der Waals surface area (Å²) in [5, 5.41) is 0. The van der Waals surface area contributed by atoms with Crippen molar-refractivity contribution in [1.29, 1.82) is 0 Å². The van der Waals surface area contributed by atoms with Gasteiger partial charge in [-0.2, -0.15) is 0 Å². The summed E-state index contributed by atoms with van der Waals surface area (Å²) in [4.78, 5) is 2.70. The van der Waals surface area contributed by atoms with Crippen molar-refractivity contribution in [1.82, 2.24) is 4.90 Å². The number of methoxy groups -OCH3 is 1. The number of hydrogen-bond donors (Lipinski definition) is 0. The second kappa shape index (κ2) is 5.48. The summed E-state index contributed by atoms with van der Waals surface area (Å²) in [6.07, 6.45) is 12.5. The Bertz CT molecular complexity index is 354. The lowest BCUT2D eigenvalue weighted by atomic mass is 9.85. The van der Waals surface area contributed by atoms with Crippen molar-refractivity contribution < 1.29 is 4.74 Å². The van der Waals surface area contributed by atoms with Gasteiger partial charge in [-0.05, 0) is 68.6 Å². The average molecular weight is 247 g/mol. The van der Waals surface area contributed by atoms with E-state index in [-0.39, 0.29) is 0 Å². The molecule has 3 aliphatic rings. The van der Waals surface area contributed by atoms with Crippen LogP contribution in [-0.4, -0.2) is 31.6 Å². The molecule has 0 N–H and O–H groups in total. The molecule has 1 heterocycles. The van der Waals surface area contributed by atoms with Crippen LogP contribution < -0.4 is 0 Å². The Balaban J connectivity index is 1.66. The Kier molecular flexibility index (Phi) is 3.74. The van der Waals surface area contributed by atoms with E-state index in [0.717, 1.165) is 17.6 Å². The first-order valence-corrected chi connectivity index (χ1v) is 7.52. The molecule has 0 aromatic heterocycles. The van der Waals surface area contributed by atoms with Gasteiger partial charge in [-0.1, -0.05) is 6.08 Å². The molecule has 100 valence electrons. The van der Waals surface area contributed by atoms with Gasteiger partial charge in [0, 0.05) is 13.1 Å². The van der Waals surface area contributed by atoms with Gasteiger partial charge >= 0.3 is 0 Å². The highest BCUT2D eigenvalue weighted by Crippen LogP contribution is 2.35. The monoisotopic (exact) mass is 247 g/mol. The van der Waals surface area contributed by atoms with Crippen molar-refractivity contribution in [2.45, 2.75) is 38.5 Å². The quantitative estimate of drug-likeness (QED) is 0.755. The fraction of sp³-hybridized carbons (Fsp3) is 0.750. The van der Waals surface area contributed by atoms with Crippen LogP contribution in [0.2, 0.25) is 0 Å². The molecule has 2 nitrogen and oxygen atoms in total. The van der Waals surface area contributed by atoms with Crippen molar-refractivity contribution in [2.75, 3.05) is 26.7 Å². The molecule has 1 unspecified atom stereocenters. The zero-order valence-corrected chi connectivity index (χ0v) is 11.5. The Morgan fingerprint density at radius 3 is 3.00 bits per heavy atom. The minimum atomic E-state index is 0.748. The summed E-state index contributed by atoms with van der Waals surface area (Å²) in [7, 11) is 1.82. The molecular weight excluding hydrogens is 222 g/mol. The predicted octanol–water partition coefficient (Wildman–Crippen LogP) is 3.36. The Labute approximate surface area is 111 Å². The van der Waals surface area contributed by atoms with Crippen molar-refractivity contribution in [3.63, 3.8) is 0 Å². The van der Waals surface area contributed by atoms with Crippen molar-refractivity contribution in [3.05, 3.63) is 23.5 Å². The van der Waals surface area contributed by atoms with E-state index in [9.17, 15) is 0 Å². The summed E-state index contributed by atoms with van der Waals surface area (Å²) < 4.78 is 5.56. The number of nitrogens with zero attached hydrogens (tertiary/aromatic N) is 1. The van der Waals surface area contributed by atoms with E-state index in [1.165, 1.54) is 58.2 Å². The van der Waals surface area contributed by atoms with Crippen LogP contribution in [0.25, 0.3) is 0 Å². The SMILES string of the molecule is COC1=C(C2CCCN(CC3CC3)C2)CCC=C1. The van der Waals surface area contributed by atoms with E-state index in [4.69, 9.17) is 4.74 Å². The molecule has 18 heavy (non-hydrogen) atoms. The van der Waals surface area contributed by atoms with Gasteiger partial charge in [-0.15, -0.1) is 0 Å². The highest BCUT2D eigenvalue weighted by molar-refractivity contribution is 5.27. The lowest BCUT2D eigenvalue weighted by molar-refractivity contribution is 0.177. The number of allylic oxidation sites excluding steroid dienone is 2. The molecule has 2 fully saturated rings. The topological polar surface area (TPSA) is 12.5 Å². The lowest BCUT2D eigenvalue weighted by Gasteiger charge is -2.35. The summed E-state index contributed by atoms with van der Waals surface area (Å²) in [6, 6.07) is 0. The van der Waals surface area contributed by atoms with Gasteiger partial charge in [0.2, 0.25) is 0 Å². The van der Waals surface area contributed by atoms with Crippen LogP contribution in [-0.2, 0) is 4.74 Å². The van der Waals surface area contributed by atoms with Crippen LogP contribution in [0.15, 0.2) is 23.5 Å². The summed E-state index contributed by atoms with van der Waals surface area (Å²) in [6.45, 7) is 3.94. The van der Waals surface area contributed by atoms with Crippen LogP contribution >= 0.6 is 0 Å². The predicted molar refractivity (Wildman–Crippen MR) is 74.3 cm³/mol. The van der Waals surface area contributed by atoms with E-state index >= 15 is 0 Å². The van der Waals surface area contributed by atoms with Gasteiger partial charge < -0.3 is 9.64 Å². The van der Waals surface area contributed by atoms with E-state index < -0.39 is 0 Å². The molecular formula is C16H25NO. The maximum absolute atomic E-state index is 5.56. The number of rotatable bonds is 4. The minimum Gasteiger partial charge on any atom is -0.497 e. The highest BCUT2D eigenvalue weighted by atomic mass is 16.5. The zero-order chi connectivity index (χ0) is 12.4. The maximum Gasteiger partial charge on any atom is 0.118 e. The van der Waals surface area contributed by atoms with E-state index in [2.05, 4.69) is 17.1 Å². The fourth-order valence-corrected chi connectivity index (χ4v) is 3.44. The molecule has 0 aromatic rings. The van der Waals surface area contributed by atoms with E-state index in [0.29, 0.717) is 0 Å². The molecule has 0 amide bonds. The average Bonchev–Trinajstić information content (AvgIpc) is 3.23. The zero-order valence-electron chi connectivity index (χ0n) is 11.5. The first kappa shape index (κ1) is 12.3. The van der Waals surface area contributed by atoms with Crippen LogP contribution in [0.3, 0.4) is 0 Å². The summed E-state index contributed by atoms with van der Waals surface area (Å²) in [5.74, 6) is 2.92. The number of ether oxygens (including phenoxy) is 1. The van der Waals surface area contributed by atoms with Gasteiger partial charge in [-0.3, -0.25) is 0 Å². The smallest absolute Gasteiger partial charge is 0.118 e. The van der Waals surface area contributed by atoms with Gasteiger partial charge in [0.05, 0.1) is 7.11 Å². The third-order valence-electron chi connectivity index (χ3n) is 4.60. The minimum absolute atomic E-state index is 0.748. The first-order chi connectivity index (χ1) is 8.86. The van der Waals surface area contributed by atoms with Crippen LogP contribution in [0.1, 0.15) is 38.5 Å². The molecule has 3 rings (SSSR count). The Morgan fingerprint density at radius 2 is 2.22 bits per heavy atom. The van der Waals surface area contributed by atoms with Gasteiger partial charge in [0.15, 0.2) is 0 Å². The fourth-order valence-electron chi connectivity index (χ4n) is 3.44. The molecule has 2 aliphatic carbocycles. The molecule has 1 atom stereocenters. The molecule has 2 heteroatoms. The molecule has 0 bridgehead atoms. The van der Waals surface area contributed by atoms with Crippen molar-refractivity contribution in [2.24, 2.45) is 11.8 Å². The molecule has 0 radical (unpaired) electrons. The number of piperidine rings is 1. The lowest BCUT2D eigenvalue weighted by Crippen LogP contribution is -2.37. The normalized spacial score (nSPS) is 29.7. The first-order valence-electron chi connectivity index (χ1n) is 7.52. The molecule has 1 aliphatic heterocycles. The Hall–Kier alpha value is -0.760. The third kappa shape index (κ3) is 2.80. The van der Waals surface area contributed by atoms with E-state index in [1.807, 2.05) is 7.11 Å². The second-order valence-electron chi connectivity index (χ2n) is 6.08. The maximum atomic E-state index is 5.56. The van der Waals surface area contributed by atoms with Crippen LogP contribution in [0.4, 0.5) is 0 Å². The number of likely N-dealkylation sites (tertiary alicyclic amines) is 1. The number of hydrogen-bond acceptors (Lipinski definition) is 2. The van der Waals surface area contributed by atoms with Crippen LogP contribution in [0, 0.1) is 11.8 Å². The van der Waals surface area contributed by atoms with E-state index in [1.54, 1.807) is 5.57 Å². The second-order valence-corrected chi connectivity index (χ2v) is 6.08. The molecule has 1 saturated carbocycles. The summed E-state index contributed by atoms with van der Waals surface area (Å²) >= 11 is 0. The molecule has 0 spiro atoms. The standard InChI is InChI=1S/C16H25NO/c1-18-16-7-3-2-6-15(16)14-5-4-10-17(12-14)11-13-8-9-13/h3,7,13-14H,2,4-6,8-12H2,1H3. The van der Waals surface area contributed by atoms with Gasteiger partial charge in [0.25, 0.3) is 0 Å². The van der Waals surface area contributed by atoms with Crippen LogP contribution in [0.5, 0.6) is 0 Å².